The third-order valence-corrected chi connectivity index (χ3v) is 4.50. The molecule has 0 amide bonds. The normalized spacial score (nSPS) is 15.0. The van der Waals surface area contributed by atoms with Gasteiger partial charge in [-0.2, -0.15) is 0 Å². The van der Waals surface area contributed by atoms with Gasteiger partial charge in [-0.25, -0.2) is 9.02 Å². The summed E-state index contributed by atoms with van der Waals surface area (Å²) in [6.45, 7) is 5.84. The number of anilines is 1. The van der Waals surface area contributed by atoms with Crippen LogP contribution in [-0.4, -0.2) is 60.4 Å². The van der Waals surface area contributed by atoms with Crippen LogP contribution in [0.25, 0.3) is 0 Å². The summed E-state index contributed by atoms with van der Waals surface area (Å²) in [7, 11) is 0. The van der Waals surface area contributed by atoms with E-state index in [2.05, 4.69) is 25.8 Å². The van der Waals surface area contributed by atoms with Crippen molar-refractivity contribution in [3.63, 3.8) is 0 Å². The summed E-state index contributed by atoms with van der Waals surface area (Å²) >= 11 is 5.76. The third kappa shape index (κ3) is 5.70. The van der Waals surface area contributed by atoms with Crippen molar-refractivity contribution in [3.05, 3.63) is 40.4 Å². The molecular formula is C17H22ClFN6O2. The van der Waals surface area contributed by atoms with Gasteiger partial charge in [0.2, 0.25) is 0 Å². The highest BCUT2D eigenvalue weighted by Crippen LogP contribution is 2.20. The number of hydrogen-bond donors (Lipinski definition) is 3. The van der Waals surface area contributed by atoms with Gasteiger partial charge in [-0.05, 0) is 42.9 Å². The summed E-state index contributed by atoms with van der Waals surface area (Å²) < 4.78 is 23.3. The molecule has 2 heterocycles. The van der Waals surface area contributed by atoms with Gasteiger partial charge in [-0.3, -0.25) is 10.3 Å². The zero-order valence-corrected chi connectivity index (χ0v) is 15.6. The zero-order chi connectivity index (χ0) is 19.1. The van der Waals surface area contributed by atoms with Crippen molar-refractivity contribution >= 4 is 23.1 Å². The molecule has 0 atom stereocenters. The van der Waals surface area contributed by atoms with Crippen LogP contribution in [-0.2, 0) is 11.3 Å². The number of halogens is 2. The maximum absolute atomic E-state index is 13.2. The lowest BCUT2D eigenvalue weighted by Gasteiger charge is -2.26. The molecule has 1 aliphatic heterocycles. The van der Waals surface area contributed by atoms with E-state index >= 15 is 0 Å². The first-order valence-electron chi connectivity index (χ1n) is 8.77. The third-order valence-electron chi connectivity index (χ3n) is 4.21. The fraction of sp³-hybridized carbons (Fsp3) is 0.471. The smallest absolute Gasteiger partial charge is 0.174 e. The van der Waals surface area contributed by atoms with E-state index in [0.29, 0.717) is 23.6 Å². The van der Waals surface area contributed by atoms with E-state index in [1.165, 1.54) is 18.2 Å². The molecule has 2 aromatic rings. The van der Waals surface area contributed by atoms with Gasteiger partial charge in [0, 0.05) is 25.3 Å². The Morgan fingerprint density at radius 1 is 1.30 bits per heavy atom. The number of amidine groups is 1. The predicted molar refractivity (Wildman–Crippen MR) is 99.7 cm³/mol. The summed E-state index contributed by atoms with van der Waals surface area (Å²) in [5.74, 6) is -0.511. The van der Waals surface area contributed by atoms with E-state index in [1.54, 1.807) is 0 Å². The average molecular weight is 397 g/mol. The Bertz CT molecular complexity index is 766. The van der Waals surface area contributed by atoms with Crippen LogP contribution in [0.4, 0.5) is 10.1 Å². The molecule has 3 N–H and O–H groups in total. The van der Waals surface area contributed by atoms with Crippen molar-refractivity contribution in [1.82, 2.24) is 20.5 Å². The molecule has 0 aliphatic carbocycles. The van der Waals surface area contributed by atoms with Gasteiger partial charge in [-0.15, -0.1) is 0 Å². The minimum absolute atomic E-state index is 0.00374. The molecule has 0 spiro atoms. The van der Waals surface area contributed by atoms with Crippen LogP contribution in [0.5, 0.6) is 0 Å². The molecule has 1 saturated heterocycles. The Morgan fingerprint density at radius 2 is 2.11 bits per heavy atom. The number of aromatic nitrogens is 2. The molecule has 1 aromatic carbocycles. The van der Waals surface area contributed by atoms with Crippen LogP contribution in [0.2, 0.25) is 5.02 Å². The highest BCUT2D eigenvalue weighted by atomic mass is 35.5. The van der Waals surface area contributed by atoms with E-state index < -0.39 is 5.82 Å². The van der Waals surface area contributed by atoms with Crippen LogP contribution >= 0.6 is 11.6 Å². The Kier molecular flexibility index (Phi) is 7.11. The van der Waals surface area contributed by atoms with E-state index in [4.69, 9.17) is 26.4 Å². The van der Waals surface area contributed by atoms with Crippen molar-refractivity contribution in [2.75, 3.05) is 44.7 Å². The minimum atomic E-state index is -0.515. The number of nitrogens with one attached hydrogen (secondary N) is 3. The van der Waals surface area contributed by atoms with Crippen molar-refractivity contribution in [2.24, 2.45) is 0 Å². The first kappa shape index (κ1) is 19.7. The number of nitrogens with zero attached hydrogens (tertiary/aromatic N) is 3. The second kappa shape index (κ2) is 9.75. The van der Waals surface area contributed by atoms with E-state index in [-0.39, 0.29) is 10.9 Å². The van der Waals surface area contributed by atoms with Crippen molar-refractivity contribution in [2.45, 2.75) is 13.0 Å². The molecule has 1 aliphatic rings. The first-order valence-corrected chi connectivity index (χ1v) is 9.14. The molecule has 8 nitrogen and oxygen atoms in total. The summed E-state index contributed by atoms with van der Waals surface area (Å²) in [4.78, 5) is 2.38. The Labute approximate surface area is 161 Å². The largest absolute Gasteiger partial charge is 0.379 e. The van der Waals surface area contributed by atoms with Gasteiger partial charge in [0.1, 0.15) is 11.5 Å². The number of hydrogen-bond acceptors (Lipinski definition) is 7. The second-order valence-electron chi connectivity index (χ2n) is 6.17. The highest BCUT2D eigenvalue weighted by molar-refractivity contribution is 6.31. The first-order chi connectivity index (χ1) is 13.1. The van der Waals surface area contributed by atoms with E-state index in [0.717, 1.165) is 45.8 Å². The maximum Gasteiger partial charge on any atom is 0.174 e. The van der Waals surface area contributed by atoms with Crippen LogP contribution in [0.1, 0.15) is 17.8 Å². The van der Waals surface area contributed by atoms with Gasteiger partial charge in [0.25, 0.3) is 0 Å². The van der Waals surface area contributed by atoms with Crippen LogP contribution < -0.4 is 10.6 Å². The average Bonchev–Trinajstić information content (AvgIpc) is 3.14. The van der Waals surface area contributed by atoms with Crippen molar-refractivity contribution < 1.29 is 13.8 Å². The second-order valence-corrected chi connectivity index (χ2v) is 6.58. The lowest BCUT2D eigenvalue weighted by molar-refractivity contribution is 0.0374. The fourth-order valence-electron chi connectivity index (χ4n) is 2.75. The molecule has 27 heavy (non-hydrogen) atoms. The molecule has 0 radical (unpaired) electrons. The molecule has 1 fully saturated rings. The van der Waals surface area contributed by atoms with E-state index in [9.17, 15) is 4.39 Å². The lowest BCUT2D eigenvalue weighted by atomic mass is 10.2. The Hall–Kier alpha value is -2.07. The SMILES string of the molecule is N=C(Nc1ccc(F)c(Cl)c1)c1nonc1CNCCCN1CCOCC1. The molecule has 1 aromatic heterocycles. The Morgan fingerprint density at radius 3 is 2.89 bits per heavy atom. The highest BCUT2D eigenvalue weighted by Gasteiger charge is 2.16. The van der Waals surface area contributed by atoms with Crippen molar-refractivity contribution in [1.29, 1.82) is 5.41 Å². The molecular weight excluding hydrogens is 375 g/mol. The molecule has 0 saturated carbocycles. The molecule has 0 bridgehead atoms. The van der Waals surface area contributed by atoms with Gasteiger partial charge in [0.05, 0.1) is 18.2 Å². The van der Waals surface area contributed by atoms with Crippen LogP contribution in [0.15, 0.2) is 22.8 Å². The minimum Gasteiger partial charge on any atom is -0.379 e. The molecule has 3 rings (SSSR count). The van der Waals surface area contributed by atoms with Crippen molar-refractivity contribution in [3.8, 4) is 0 Å². The fourth-order valence-corrected chi connectivity index (χ4v) is 2.93. The van der Waals surface area contributed by atoms with Crippen LogP contribution in [0, 0.1) is 11.2 Å². The topological polar surface area (TPSA) is 99.3 Å². The standard InChI is InChI=1S/C17H22ClFN6O2/c18-13-10-12(2-3-14(13)19)22-17(20)16-15(23-27-24-16)11-21-4-1-5-25-6-8-26-9-7-25/h2-3,10,21H,1,4-9,11H2,(H2,20,22). The number of benzene rings is 1. The monoisotopic (exact) mass is 396 g/mol. The summed E-state index contributed by atoms with van der Waals surface area (Å²) in [6, 6.07) is 4.13. The zero-order valence-electron chi connectivity index (χ0n) is 14.8. The van der Waals surface area contributed by atoms with Crippen LogP contribution in [0.3, 0.4) is 0 Å². The van der Waals surface area contributed by atoms with Gasteiger partial charge < -0.3 is 15.4 Å². The molecule has 0 unspecified atom stereocenters. The van der Waals surface area contributed by atoms with Gasteiger partial charge in [0.15, 0.2) is 11.5 Å². The predicted octanol–water partition coefficient (Wildman–Crippen LogP) is 2.11. The Balaban J connectivity index is 1.45. The molecule has 10 heteroatoms. The summed E-state index contributed by atoms with van der Waals surface area (Å²) in [5.41, 5.74) is 1.32. The van der Waals surface area contributed by atoms with Gasteiger partial charge in [-0.1, -0.05) is 16.8 Å². The number of morpholine rings is 1. The summed E-state index contributed by atoms with van der Waals surface area (Å²) in [5, 5.41) is 21.9. The molecule has 146 valence electrons. The number of rotatable bonds is 8. The van der Waals surface area contributed by atoms with E-state index in [1.807, 2.05) is 0 Å². The number of ether oxygens (including phenoxy) is 1. The summed E-state index contributed by atoms with van der Waals surface area (Å²) in [6.07, 6.45) is 1.00. The maximum atomic E-state index is 13.2. The lowest BCUT2D eigenvalue weighted by Crippen LogP contribution is -2.37. The quantitative estimate of drug-likeness (QED) is 0.357. The van der Waals surface area contributed by atoms with Gasteiger partial charge >= 0.3 is 0 Å².